The van der Waals surface area contributed by atoms with Gasteiger partial charge < -0.3 is 11.1 Å². The summed E-state index contributed by atoms with van der Waals surface area (Å²) < 4.78 is 0. The van der Waals surface area contributed by atoms with Crippen LogP contribution in [0.15, 0.2) is 0 Å². The first kappa shape index (κ1) is 11.4. The predicted molar refractivity (Wildman–Crippen MR) is 46.2 cm³/mol. The van der Waals surface area contributed by atoms with E-state index in [-0.39, 0.29) is 18.4 Å². The third-order valence-electron chi connectivity index (χ3n) is 1.48. The molecule has 0 saturated carbocycles. The largest absolute Gasteiger partial charge is 0.370 e. The Bertz CT molecular complexity index is 244. The van der Waals surface area contributed by atoms with Gasteiger partial charge in [-0.2, -0.15) is 5.26 Å². The standard InChI is InChI=1S/C8H13N3O2/c1-5(4-9)8(13)11-6(2)3-7(10)12/h5-6H,3H2,1-2H3,(H2,10,12)(H,11,13). The summed E-state index contributed by atoms with van der Waals surface area (Å²) in [5.74, 6) is -1.55. The molecule has 0 aromatic heterocycles. The van der Waals surface area contributed by atoms with Gasteiger partial charge in [0.05, 0.1) is 6.07 Å². The number of primary amides is 1. The summed E-state index contributed by atoms with van der Waals surface area (Å²) in [7, 11) is 0. The van der Waals surface area contributed by atoms with E-state index >= 15 is 0 Å². The van der Waals surface area contributed by atoms with Crippen LogP contribution in [0.2, 0.25) is 0 Å². The molecule has 2 atom stereocenters. The average molecular weight is 183 g/mol. The molecule has 0 radical (unpaired) electrons. The number of nitriles is 1. The summed E-state index contributed by atoms with van der Waals surface area (Å²) >= 11 is 0. The highest BCUT2D eigenvalue weighted by atomic mass is 16.2. The number of amides is 2. The normalized spacial score (nSPS) is 13.9. The lowest BCUT2D eigenvalue weighted by molar-refractivity contribution is -0.124. The fourth-order valence-electron chi connectivity index (χ4n) is 0.779. The Kier molecular flexibility index (Phi) is 4.52. The minimum atomic E-state index is -0.699. The summed E-state index contributed by atoms with van der Waals surface area (Å²) in [5.41, 5.74) is 4.92. The summed E-state index contributed by atoms with van der Waals surface area (Å²) in [5, 5.41) is 10.9. The maximum atomic E-state index is 11.1. The number of carbonyl (C=O) groups is 2. The maximum Gasteiger partial charge on any atom is 0.237 e. The number of carbonyl (C=O) groups excluding carboxylic acids is 2. The first-order valence-electron chi connectivity index (χ1n) is 3.95. The average Bonchev–Trinajstić information content (AvgIpc) is 2.01. The lowest BCUT2D eigenvalue weighted by atomic mass is 10.1. The second kappa shape index (κ2) is 5.14. The molecular formula is C8H13N3O2. The molecule has 0 aliphatic carbocycles. The number of hydrogen-bond acceptors (Lipinski definition) is 3. The second-order valence-electron chi connectivity index (χ2n) is 2.93. The minimum absolute atomic E-state index is 0.0872. The summed E-state index contributed by atoms with van der Waals surface area (Å²) in [6.45, 7) is 3.15. The molecule has 0 saturated heterocycles. The van der Waals surface area contributed by atoms with Gasteiger partial charge in [-0.05, 0) is 13.8 Å². The van der Waals surface area contributed by atoms with Crippen LogP contribution in [0.1, 0.15) is 20.3 Å². The predicted octanol–water partition coefficient (Wildman–Crippen LogP) is -0.474. The van der Waals surface area contributed by atoms with Crippen LogP contribution in [0.5, 0.6) is 0 Å². The number of nitrogens with two attached hydrogens (primary N) is 1. The van der Waals surface area contributed by atoms with Gasteiger partial charge in [0.2, 0.25) is 11.8 Å². The monoisotopic (exact) mass is 183 g/mol. The van der Waals surface area contributed by atoms with E-state index in [4.69, 9.17) is 11.0 Å². The van der Waals surface area contributed by atoms with E-state index in [1.54, 1.807) is 13.0 Å². The van der Waals surface area contributed by atoms with Gasteiger partial charge in [-0.25, -0.2) is 0 Å². The Morgan fingerprint density at radius 3 is 2.46 bits per heavy atom. The third kappa shape index (κ3) is 4.80. The molecule has 0 aromatic rings. The molecule has 0 spiro atoms. The van der Waals surface area contributed by atoms with Gasteiger partial charge in [-0.1, -0.05) is 0 Å². The second-order valence-corrected chi connectivity index (χ2v) is 2.93. The zero-order valence-electron chi connectivity index (χ0n) is 7.70. The van der Waals surface area contributed by atoms with E-state index < -0.39 is 11.8 Å². The highest BCUT2D eigenvalue weighted by molar-refractivity contribution is 5.82. The van der Waals surface area contributed by atoms with Crippen molar-refractivity contribution in [1.82, 2.24) is 5.32 Å². The van der Waals surface area contributed by atoms with Crippen molar-refractivity contribution >= 4 is 11.8 Å². The first-order valence-corrected chi connectivity index (χ1v) is 3.95. The van der Waals surface area contributed by atoms with E-state index in [2.05, 4.69) is 5.32 Å². The van der Waals surface area contributed by atoms with Crippen LogP contribution in [0, 0.1) is 17.2 Å². The first-order chi connectivity index (χ1) is 5.97. The van der Waals surface area contributed by atoms with Gasteiger partial charge >= 0.3 is 0 Å². The van der Waals surface area contributed by atoms with Crippen molar-refractivity contribution in [3.05, 3.63) is 0 Å². The minimum Gasteiger partial charge on any atom is -0.370 e. The van der Waals surface area contributed by atoms with Crippen molar-refractivity contribution in [3.63, 3.8) is 0 Å². The topological polar surface area (TPSA) is 96.0 Å². The van der Waals surface area contributed by atoms with E-state index in [1.165, 1.54) is 6.92 Å². The fraction of sp³-hybridized carbons (Fsp3) is 0.625. The zero-order valence-corrected chi connectivity index (χ0v) is 7.70. The van der Waals surface area contributed by atoms with Crippen molar-refractivity contribution in [2.75, 3.05) is 0 Å². The molecule has 3 N–H and O–H groups in total. The van der Waals surface area contributed by atoms with Crippen molar-refractivity contribution in [1.29, 1.82) is 5.26 Å². The van der Waals surface area contributed by atoms with Crippen LogP contribution < -0.4 is 11.1 Å². The molecule has 5 heteroatoms. The van der Waals surface area contributed by atoms with Crippen molar-refractivity contribution in [2.45, 2.75) is 26.3 Å². The molecule has 5 nitrogen and oxygen atoms in total. The molecule has 2 unspecified atom stereocenters. The molecule has 0 aliphatic heterocycles. The fourth-order valence-corrected chi connectivity index (χ4v) is 0.779. The molecule has 0 fully saturated rings. The molecule has 0 aliphatic rings. The highest BCUT2D eigenvalue weighted by Crippen LogP contribution is 1.95. The molecule has 13 heavy (non-hydrogen) atoms. The smallest absolute Gasteiger partial charge is 0.237 e. The molecular weight excluding hydrogens is 170 g/mol. The van der Waals surface area contributed by atoms with Crippen LogP contribution in [-0.4, -0.2) is 17.9 Å². The molecule has 0 heterocycles. The molecule has 0 aromatic carbocycles. The van der Waals surface area contributed by atoms with Crippen LogP contribution >= 0.6 is 0 Å². The summed E-state index contributed by atoms with van der Waals surface area (Å²) in [6, 6.07) is 1.48. The Labute approximate surface area is 76.9 Å². The van der Waals surface area contributed by atoms with Crippen LogP contribution in [0.4, 0.5) is 0 Å². The molecule has 0 bridgehead atoms. The molecule has 72 valence electrons. The number of nitrogens with one attached hydrogen (secondary N) is 1. The van der Waals surface area contributed by atoms with E-state index in [1.807, 2.05) is 0 Å². The van der Waals surface area contributed by atoms with Crippen LogP contribution in [0.3, 0.4) is 0 Å². The maximum absolute atomic E-state index is 11.1. The van der Waals surface area contributed by atoms with Crippen molar-refractivity contribution in [3.8, 4) is 6.07 Å². The van der Waals surface area contributed by atoms with Crippen molar-refractivity contribution in [2.24, 2.45) is 11.7 Å². The van der Waals surface area contributed by atoms with Gasteiger partial charge in [0.15, 0.2) is 0 Å². The lowest BCUT2D eigenvalue weighted by Crippen LogP contribution is -2.38. The van der Waals surface area contributed by atoms with Crippen LogP contribution in [-0.2, 0) is 9.59 Å². The SMILES string of the molecule is CC(CC(N)=O)NC(=O)C(C)C#N. The van der Waals surface area contributed by atoms with E-state index in [9.17, 15) is 9.59 Å². The third-order valence-corrected chi connectivity index (χ3v) is 1.48. The Balaban J connectivity index is 3.93. The van der Waals surface area contributed by atoms with Gasteiger partial charge in [0, 0.05) is 12.5 Å². The Morgan fingerprint density at radius 1 is 1.54 bits per heavy atom. The van der Waals surface area contributed by atoms with E-state index in [0.29, 0.717) is 0 Å². The Hall–Kier alpha value is -1.57. The summed E-state index contributed by atoms with van der Waals surface area (Å²) in [4.78, 5) is 21.5. The number of hydrogen-bond donors (Lipinski definition) is 2. The van der Waals surface area contributed by atoms with Gasteiger partial charge in [0.25, 0.3) is 0 Å². The highest BCUT2D eigenvalue weighted by Gasteiger charge is 2.15. The van der Waals surface area contributed by atoms with Crippen molar-refractivity contribution < 1.29 is 9.59 Å². The molecule has 0 rings (SSSR count). The van der Waals surface area contributed by atoms with Gasteiger partial charge in [-0.3, -0.25) is 9.59 Å². The van der Waals surface area contributed by atoms with E-state index in [0.717, 1.165) is 0 Å². The van der Waals surface area contributed by atoms with Crippen LogP contribution in [0.25, 0.3) is 0 Å². The lowest BCUT2D eigenvalue weighted by Gasteiger charge is -2.12. The Morgan fingerprint density at radius 2 is 2.08 bits per heavy atom. The number of rotatable bonds is 4. The molecule has 2 amide bonds. The number of nitrogens with zero attached hydrogens (tertiary/aromatic N) is 1. The van der Waals surface area contributed by atoms with Gasteiger partial charge in [-0.15, -0.1) is 0 Å². The van der Waals surface area contributed by atoms with Gasteiger partial charge in [0.1, 0.15) is 5.92 Å². The zero-order chi connectivity index (χ0) is 10.4. The quantitative estimate of drug-likeness (QED) is 0.616. The summed E-state index contributed by atoms with van der Waals surface area (Å²) in [6.07, 6.45) is 0.0872.